The third-order valence-electron chi connectivity index (χ3n) is 1.31. The van der Waals surface area contributed by atoms with E-state index in [1.807, 2.05) is 6.92 Å². The van der Waals surface area contributed by atoms with Gasteiger partial charge in [-0.2, -0.15) is 0 Å². The molecular formula is C7H11N3O2. The molecule has 1 heterocycles. The number of nitrogens with one attached hydrogen (secondary N) is 2. The zero-order valence-electron chi connectivity index (χ0n) is 6.79. The van der Waals surface area contributed by atoms with Crippen molar-refractivity contribution in [1.29, 1.82) is 0 Å². The quantitative estimate of drug-likeness (QED) is 0.566. The van der Waals surface area contributed by atoms with Crippen LogP contribution in [-0.2, 0) is 0 Å². The second-order valence-corrected chi connectivity index (χ2v) is 2.38. The average Bonchev–Trinajstić information content (AvgIpc) is 2.31. The van der Waals surface area contributed by atoms with Crippen LogP contribution in [-0.4, -0.2) is 27.8 Å². The third-order valence-corrected chi connectivity index (χ3v) is 1.31. The molecule has 0 saturated carbocycles. The second-order valence-electron chi connectivity index (χ2n) is 2.38. The van der Waals surface area contributed by atoms with E-state index in [1.165, 1.54) is 6.21 Å². The summed E-state index contributed by atoms with van der Waals surface area (Å²) in [4.78, 5) is 19.2. The van der Waals surface area contributed by atoms with Gasteiger partial charge in [-0.25, -0.2) is 4.79 Å². The van der Waals surface area contributed by atoms with Crippen molar-refractivity contribution >= 4 is 6.21 Å². The van der Waals surface area contributed by atoms with Crippen LogP contribution in [0.25, 0.3) is 0 Å². The van der Waals surface area contributed by atoms with E-state index >= 15 is 0 Å². The predicted molar refractivity (Wildman–Crippen MR) is 45.8 cm³/mol. The Morgan fingerprint density at radius 1 is 1.58 bits per heavy atom. The van der Waals surface area contributed by atoms with Crippen LogP contribution in [0.1, 0.15) is 19.0 Å². The first-order chi connectivity index (χ1) is 5.74. The molecule has 0 aliphatic rings. The lowest BCUT2D eigenvalue weighted by Crippen LogP contribution is -2.00. The van der Waals surface area contributed by atoms with E-state index in [0.717, 1.165) is 6.42 Å². The van der Waals surface area contributed by atoms with Gasteiger partial charge in [-0.1, -0.05) is 6.92 Å². The van der Waals surface area contributed by atoms with Gasteiger partial charge in [-0.15, -0.1) is 0 Å². The molecule has 0 fully saturated rings. The smallest absolute Gasteiger partial charge is 0.326 e. The van der Waals surface area contributed by atoms with Gasteiger partial charge in [0.15, 0.2) is 0 Å². The van der Waals surface area contributed by atoms with Crippen LogP contribution in [0.2, 0.25) is 0 Å². The van der Waals surface area contributed by atoms with Crippen molar-refractivity contribution in [3.05, 3.63) is 16.2 Å². The van der Waals surface area contributed by atoms with Crippen molar-refractivity contribution in [3.63, 3.8) is 0 Å². The molecule has 1 aromatic heterocycles. The van der Waals surface area contributed by atoms with E-state index in [4.69, 9.17) is 5.11 Å². The zero-order valence-corrected chi connectivity index (χ0v) is 6.79. The number of nitrogens with zero attached hydrogens (tertiary/aromatic N) is 1. The van der Waals surface area contributed by atoms with E-state index in [1.54, 1.807) is 0 Å². The molecule has 5 nitrogen and oxygen atoms in total. The molecule has 1 aromatic rings. The maximum Gasteiger partial charge on any atom is 0.326 e. The Hall–Kier alpha value is -1.52. The minimum Gasteiger partial charge on any atom is -0.493 e. The molecule has 1 rings (SSSR count). The number of aromatic nitrogens is 2. The Labute approximate surface area is 69.2 Å². The molecule has 0 aliphatic heterocycles. The van der Waals surface area contributed by atoms with E-state index in [9.17, 15) is 4.79 Å². The third kappa shape index (κ3) is 1.98. The summed E-state index contributed by atoms with van der Waals surface area (Å²) < 4.78 is 0. The van der Waals surface area contributed by atoms with Crippen molar-refractivity contribution < 1.29 is 5.11 Å². The number of hydrogen-bond acceptors (Lipinski definition) is 3. The lowest BCUT2D eigenvalue weighted by atomic mass is 10.4. The SMILES string of the molecule is CCCN=Cc1[nH]c(=O)[nH]c1O. The summed E-state index contributed by atoms with van der Waals surface area (Å²) in [6.07, 6.45) is 2.38. The molecule has 0 bridgehead atoms. The largest absolute Gasteiger partial charge is 0.493 e. The number of hydrogen-bond donors (Lipinski definition) is 3. The van der Waals surface area contributed by atoms with Crippen molar-refractivity contribution in [1.82, 2.24) is 9.97 Å². The molecule has 0 aliphatic carbocycles. The topological polar surface area (TPSA) is 81.2 Å². The number of imidazole rings is 1. The van der Waals surface area contributed by atoms with Crippen LogP contribution in [0, 0.1) is 0 Å². The lowest BCUT2D eigenvalue weighted by Gasteiger charge is -1.86. The Balaban J connectivity index is 2.75. The monoisotopic (exact) mass is 169 g/mol. The van der Waals surface area contributed by atoms with Gasteiger partial charge in [-0.3, -0.25) is 9.98 Å². The predicted octanol–water partition coefficient (Wildman–Crippen LogP) is 0.237. The molecule has 12 heavy (non-hydrogen) atoms. The molecule has 0 amide bonds. The minimum absolute atomic E-state index is 0.167. The number of H-pyrrole nitrogens is 2. The van der Waals surface area contributed by atoms with Gasteiger partial charge >= 0.3 is 5.69 Å². The number of aromatic hydroxyl groups is 1. The molecule has 0 radical (unpaired) electrons. The molecule has 0 aromatic carbocycles. The highest BCUT2D eigenvalue weighted by atomic mass is 16.3. The summed E-state index contributed by atoms with van der Waals surface area (Å²) >= 11 is 0. The number of rotatable bonds is 3. The highest BCUT2D eigenvalue weighted by Gasteiger charge is 2.00. The van der Waals surface area contributed by atoms with Gasteiger partial charge < -0.3 is 10.1 Å². The molecule has 0 atom stereocenters. The first-order valence-electron chi connectivity index (χ1n) is 3.75. The summed E-state index contributed by atoms with van der Waals surface area (Å²) in [5.41, 5.74) is -0.0982. The van der Waals surface area contributed by atoms with Crippen LogP contribution in [0.15, 0.2) is 9.79 Å². The van der Waals surface area contributed by atoms with Crippen molar-refractivity contribution in [2.45, 2.75) is 13.3 Å². The fraction of sp³-hybridized carbons (Fsp3) is 0.429. The van der Waals surface area contributed by atoms with E-state index in [0.29, 0.717) is 12.2 Å². The van der Waals surface area contributed by atoms with Crippen LogP contribution >= 0.6 is 0 Å². The molecule has 5 heteroatoms. The Bertz CT molecular complexity index is 324. The van der Waals surface area contributed by atoms with E-state index < -0.39 is 5.69 Å². The maximum atomic E-state index is 10.6. The second kappa shape index (κ2) is 3.75. The van der Waals surface area contributed by atoms with E-state index in [-0.39, 0.29) is 5.88 Å². The van der Waals surface area contributed by atoms with E-state index in [2.05, 4.69) is 15.0 Å². The molecule has 66 valence electrons. The molecule has 0 unspecified atom stereocenters. The molecular weight excluding hydrogens is 158 g/mol. The fourth-order valence-electron chi connectivity index (χ4n) is 0.766. The van der Waals surface area contributed by atoms with Crippen LogP contribution in [0.3, 0.4) is 0 Å². The van der Waals surface area contributed by atoms with Crippen LogP contribution < -0.4 is 5.69 Å². The normalized spacial score (nSPS) is 11.1. The highest BCUT2D eigenvalue weighted by molar-refractivity contribution is 5.79. The van der Waals surface area contributed by atoms with Crippen LogP contribution in [0.4, 0.5) is 0 Å². The minimum atomic E-state index is -0.426. The van der Waals surface area contributed by atoms with Gasteiger partial charge in [-0.05, 0) is 6.42 Å². The summed E-state index contributed by atoms with van der Waals surface area (Å²) in [7, 11) is 0. The lowest BCUT2D eigenvalue weighted by molar-refractivity contribution is 0.455. The van der Waals surface area contributed by atoms with Crippen LogP contribution in [0.5, 0.6) is 5.88 Å². The standard InChI is InChI=1S/C7H11N3O2/c1-2-3-8-4-5-6(11)10-7(12)9-5/h4,11H,2-3H2,1H3,(H2,9,10,12). The zero-order chi connectivity index (χ0) is 8.97. The summed E-state index contributed by atoms with van der Waals surface area (Å²) in [6.45, 7) is 2.68. The number of aliphatic imine (C=N–C) groups is 1. The molecule has 0 spiro atoms. The number of aromatic amines is 2. The Kier molecular flexibility index (Phi) is 2.68. The highest BCUT2D eigenvalue weighted by Crippen LogP contribution is 2.02. The van der Waals surface area contributed by atoms with Gasteiger partial charge in [0.2, 0.25) is 5.88 Å². The van der Waals surface area contributed by atoms with Gasteiger partial charge in [0.25, 0.3) is 0 Å². The first-order valence-corrected chi connectivity index (χ1v) is 3.75. The van der Waals surface area contributed by atoms with Crippen molar-refractivity contribution in [2.24, 2.45) is 4.99 Å². The average molecular weight is 169 g/mol. The van der Waals surface area contributed by atoms with Crippen molar-refractivity contribution in [2.75, 3.05) is 6.54 Å². The van der Waals surface area contributed by atoms with Gasteiger partial charge in [0, 0.05) is 6.54 Å². The van der Waals surface area contributed by atoms with Crippen molar-refractivity contribution in [3.8, 4) is 5.88 Å². The van der Waals surface area contributed by atoms with Gasteiger partial charge in [0.1, 0.15) is 5.69 Å². The fourth-order valence-corrected chi connectivity index (χ4v) is 0.766. The molecule has 0 saturated heterocycles. The Morgan fingerprint density at radius 3 is 2.83 bits per heavy atom. The summed E-state index contributed by atoms with van der Waals surface area (Å²) in [5.74, 6) is -0.167. The maximum absolute atomic E-state index is 10.6. The summed E-state index contributed by atoms with van der Waals surface area (Å²) in [6, 6.07) is 0. The first kappa shape index (κ1) is 8.58. The Morgan fingerprint density at radius 2 is 2.33 bits per heavy atom. The molecule has 3 N–H and O–H groups in total. The van der Waals surface area contributed by atoms with Gasteiger partial charge in [0.05, 0.1) is 6.21 Å². The summed E-state index contributed by atoms with van der Waals surface area (Å²) in [5, 5.41) is 9.05.